The summed E-state index contributed by atoms with van der Waals surface area (Å²) in [5.74, 6) is -4.00. The van der Waals surface area contributed by atoms with Crippen LogP contribution in [0.2, 0.25) is 0 Å². The van der Waals surface area contributed by atoms with Gasteiger partial charge in [-0.15, -0.1) is 0 Å². The smallest absolute Gasteiger partial charge is 0.262 e. The van der Waals surface area contributed by atoms with Crippen molar-refractivity contribution in [1.82, 2.24) is 0 Å². The third kappa shape index (κ3) is 5.27. The average molecular weight is 698 g/mol. The fraction of sp³-hybridized carbons (Fsp3) is 0.314. The number of hydrogen-bond donors (Lipinski definition) is 7. The Morgan fingerprint density at radius 2 is 1.75 bits per heavy atom. The van der Waals surface area contributed by atoms with Gasteiger partial charge in [-0.3, -0.25) is 15.0 Å². The zero-order valence-corrected chi connectivity index (χ0v) is 26.6. The Morgan fingerprint density at radius 1 is 0.941 bits per heavy atom. The van der Waals surface area contributed by atoms with Crippen LogP contribution in [0.25, 0.3) is 0 Å². The number of ketones is 2. The van der Waals surface area contributed by atoms with E-state index >= 15 is 0 Å². The van der Waals surface area contributed by atoms with Crippen LogP contribution >= 0.6 is 0 Å². The number of benzene rings is 3. The van der Waals surface area contributed by atoms with E-state index in [1.807, 2.05) is 0 Å². The van der Waals surface area contributed by atoms with Crippen molar-refractivity contribution in [2.75, 3.05) is 19.9 Å². The number of nitrogens with zero attached hydrogens (tertiary/aromatic N) is 3. The molecule has 4 aliphatic heterocycles. The Bertz CT molecular complexity index is 2110. The molecule has 2 bridgehead atoms. The van der Waals surface area contributed by atoms with Crippen molar-refractivity contribution in [3.05, 3.63) is 87.5 Å². The molecule has 7 N–H and O–H groups in total. The van der Waals surface area contributed by atoms with Crippen molar-refractivity contribution in [2.45, 2.75) is 49.7 Å². The van der Waals surface area contributed by atoms with Crippen molar-refractivity contribution in [3.8, 4) is 11.5 Å². The summed E-state index contributed by atoms with van der Waals surface area (Å²) >= 11 is 0. The van der Waals surface area contributed by atoms with E-state index in [9.17, 15) is 40.2 Å². The van der Waals surface area contributed by atoms with Crippen LogP contribution in [0.3, 0.4) is 0 Å². The zero-order valence-electron chi connectivity index (χ0n) is 26.6. The highest BCUT2D eigenvalue weighted by atomic mass is 16.7. The van der Waals surface area contributed by atoms with E-state index < -0.39 is 72.4 Å². The summed E-state index contributed by atoms with van der Waals surface area (Å²) in [7, 11) is 0. The number of carbonyl (C=O) groups excluding carboxylic acids is 2. The number of hydrogen-bond acceptors (Lipinski definition) is 13. The van der Waals surface area contributed by atoms with Crippen LogP contribution in [0.15, 0.2) is 63.5 Å². The molecule has 1 aliphatic carbocycles. The number of guanidine groups is 1. The van der Waals surface area contributed by atoms with Gasteiger partial charge in [0.15, 0.2) is 35.4 Å². The van der Waals surface area contributed by atoms with Gasteiger partial charge in [-0.05, 0) is 36.2 Å². The molecule has 51 heavy (non-hydrogen) atoms. The van der Waals surface area contributed by atoms with Crippen LogP contribution < -0.4 is 14.7 Å². The fourth-order valence-corrected chi connectivity index (χ4v) is 7.27. The molecule has 3 aromatic carbocycles. The molecular weight excluding hydrogens is 666 g/mol. The van der Waals surface area contributed by atoms with Crippen LogP contribution in [0.1, 0.15) is 60.9 Å². The van der Waals surface area contributed by atoms with E-state index in [1.165, 1.54) is 24.3 Å². The molecule has 0 spiro atoms. The van der Waals surface area contributed by atoms with Crippen LogP contribution in [-0.4, -0.2) is 111 Å². The van der Waals surface area contributed by atoms with E-state index in [4.69, 9.17) is 19.6 Å². The number of carbonyl (C=O) groups is 2. The molecule has 7 atom stereocenters. The minimum absolute atomic E-state index is 0.0256. The minimum atomic E-state index is -1.80. The Labute approximate surface area is 288 Å². The Morgan fingerprint density at radius 3 is 2.55 bits per heavy atom. The summed E-state index contributed by atoms with van der Waals surface area (Å²) in [6.07, 6.45) is -7.68. The molecule has 4 heterocycles. The lowest BCUT2D eigenvalue weighted by atomic mass is 9.78. The largest absolute Gasteiger partial charge is 0.857 e. The van der Waals surface area contributed by atoms with Crippen molar-refractivity contribution < 1.29 is 59.3 Å². The zero-order chi connectivity index (χ0) is 35.7. The summed E-state index contributed by atoms with van der Waals surface area (Å²) in [5.41, 5.74) is 1.38. The maximum atomic E-state index is 14.1. The van der Waals surface area contributed by atoms with Crippen molar-refractivity contribution in [3.63, 3.8) is 0 Å². The number of quaternary nitrogens is 1. The Balaban J connectivity index is 1.33. The van der Waals surface area contributed by atoms with Gasteiger partial charge in [0.2, 0.25) is 12.2 Å². The number of phenolic OH excluding ortho intramolecular Hbond substituents is 1. The van der Waals surface area contributed by atoms with Crippen LogP contribution in [0.4, 0.5) is 5.69 Å². The molecule has 16 nitrogen and oxygen atoms in total. The fourth-order valence-electron chi connectivity index (χ4n) is 7.27. The predicted molar refractivity (Wildman–Crippen MR) is 174 cm³/mol. The first-order valence-electron chi connectivity index (χ1n) is 16.2. The molecule has 3 aromatic rings. The van der Waals surface area contributed by atoms with Crippen molar-refractivity contribution >= 4 is 40.7 Å². The average Bonchev–Trinajstić information content (AvgIpc) is 3.54. The second kappa shape index (κ2) is 12.5. The van der Waals surface area contributed by atoms with Gasteiger partial charge in [0.05, 0.1) is 18.8 Å². The van der Waals surface area contributed by atoms with Gasteiger partial charge in [-0.25, -0.2) is 14.9 Å². The van der Waals surface area contributed by atoms with Gasteiger partial charge in [-0.1, -0.05) is 24.3 Å². The number of aliphatic imine (C=N–C) groups is 3. The van der Waals surface area contributed by atoms with E-state index in [2.05, 4.69) is 15.0 Å². The molecule has 16 heteroatoms. The number of fused-ring (bicyclic) bond motifs is 6. The van der Waals surface area contributed by atoms with Crippen molar-refractivity contribution in [1.29, 1.82) is 5.41 Å². The minimum Gasteiger partial charge on any atom is -0.857 e. The lowest BCUT2D eigenvalue weighted by Gasteiger charge is -2.40. The summed E-state index contributed by atoms with van der Waals surface area (Å²) < 4.78 is 17.9. The number of ether oxygens (including phenoxy) is 3. The Hall–Kier alpha value is -5.20. The normalized spacial score (nSPS) is 28.6. The summed E-state index contributed by atoms with van der Waals surface area (Å²) in [4.78, 5) is 40.7. The second-order valence-electron chi connectivity index (χ2n) is 12.7. The number of aliphatic hydroxyl groups excluding tert-OH is 4. The standard InChI is InChI=1S/C35H31N5O11/c36-35-38-32-24(33(48)39-35)37-13-40(32)21-4-2-1-3-16(21)15-7-8-49-12-22-27(44)29(46)30(47)34(50-22)51-31-19(15)10-20-23(28(31)45)26(43)18-9-14(11-41)5-6-17(18)25(20)42/h1-6,9-10,15,22,27,29-30,34,41,44-47H,7-8,11-13H2,(H2,36,39,48). The highest BCUT2D eigenvalue weighted by Gasteiger charge is 2.47. The highest BCUT2D eigenvalue weighted by Crippen LogP contribution is 2.48. The maximum Gasteiger partial charge on any atom is 0.262 e. The van der Waals surface area contributed by atoms with E-state index in [-0.39, 0.29) is 71.4 Å². The van der Waals surface area contributed by atoms with E-state index in [1.54, 1.807) is 24.3 Å². The van der Waals surface area contributed by atoms with Gasteiger partial charge in [0.25, 0.3) is 5.84 Å². The molecule has 1 fully saturated rings. The van der Waals surface area contributed by atoms with Crippen LogP contribution in [0, 0.1) is 5.41 Å². The molecule has 0 radical (unpaired) electrons. The molecule has 262 valence electrons. The third-order valence-corrected chi connectivity index (χ3v) is 9.82. The number of aliphatic hydroxyl groups is 4. The predicted octanol–water partition coefficient (Wildman–Crippen LogP) is -1.57. The van der Waals surface area contributed by atoms with Gasteiger partial charge in [0, 0.05) is 46.2 Å². The number of rotatable bonds is 3. The van der Waals surface area contributed by atoms with Gasteiger partial charge in [0.1, 0.15) is 30.1 Å². The van der Waals surface area contributed by atoms with E-state index in [0.717, 1.165) is 0 Å². The number of aromatic hydroxyl groups is 1. The van der Waals surface area contributed by atoms with Crippen LogP contribution in [0.5, 0.6) is 11.5 Å². The number of nitrogens with one attached hydrogen (secondary N) is 2. The SMILES string of the molecule is N=C1N=C([O-])C2=NC[NH+](c3ccccc3C3CCOCC4OC(Oc5c3cc3c(c5O)C(=O)c5cc(CO)ccc5C3=O)C(O)C(O)C4O)C2=N1. The molecule has 0 saturated carbocycles. The molecule has 1 saturated heterocycles. The van der Waals surface area contributed by atoms with Crippen LogP contribution in [-0.2, 0) is 16.1 Å². The summed E-state index contributed by atoms with van der Waals surface area (Å²) in [6, 6.07) is 12.9. The second-order valence-corrected chi connectivity index (χ2v) is 12.7. The molecule has 8 rings (SSSR count). The highest BCUT2D eigenvalue weighted by molar-refractivity contribution is 6.66. The summed E-state index contributed by atoms with van der Waals surface area (Å²) in [6.45, 7) is -0.498. The lowest BCUT2D eigenvalue weighted by Crippen LogP contribution is -3.09. The molecular formula is C35H31N5O11. The van der Waals surface area contributed by atoms with E-state index in [0.29, 0.717) is 21.7 Å². The number of phenols is 1. The first-order chi connectivity index (χ1) is 24.6. The van der Waals surface area contributed by atoms with Gasteiger partial charge < -0.3 is 44.8 Å². The first-order valence-corrected chi connectivity index (χ1v) is 16.2. The topological polar surface area (TPSA) is 251 Å². The summed E-state index contributed by atoms with van der Waals surface area (Å²) in [5, 5.41) is 74.6. The molecule has 0 aromatic heterocycles. The maximum absolute atomic E-state index is 14.1. The molecule has 5 aliphatic rings. The third-order valence-electron chi connectivity index (χ3n) is 9.82. The Kier molecular flexibility index (Phi) is 8.10. The first kappa shape index (κ1) is 33.0. The van der Waals surface area contributed by atoms with Gasteiger partial charge >= 0.3 is 0 Å². The lowest BCUT2D eigenvalue weighted by molar-refractivity contribution is -0.723. The monoisotopic (exact) mass is 697 g/mol. The molecule has 0 amide bonds. The van der Waals surface area contributed by atoms with Crippen molar-refractivity contribution in [2.24, 2.45) is 15.0 Å². The molecule has 7 unspecified atom stereocenters. The van der Waals surface area contributed by atoms with Gasteiger partial charge in [-0.2, -0.15) is 4.99 Å². The number of para-hydroxylation sites is 1. The quantitative estimate of drug-likeness (QED) is 0.129. The number of amidine groups is 1.